The lowest BCUT2D eigenvalue weighted by atomic mass is 10.1. The van der Waals surface area contributed by atoms with E-state index in [1.165, 1.54) is 82.1 Å². The third-order valence-corrected chi connectivity index (χ3v) is 4.58. The highest BCUT2D eigenvalue weighted by Gasteiger charge is 2.06. The van der Waals surface area contributed by atoms with Crippen LogP contribution < -0.4 is 0 Å². The number of ether oxygens (including phenoxy) is 3. The maximum Gasteiger partial charge on any atom is 0.338 e. The maximum atomic E-state index is 11.7. The number of carbonyl (C=O) groups excluding carboxylic acids is 1. The van der Waals surface area contributed by atoms with Gasteiger partial charge in [0.05, 0.1) is 25.4 Å². The number of hydrogen-bond donors (Lipinski definition) is 1. The topological polar surface area (TPSA) is 65.0 Å². The van der Waals surface area contributed by atoms with Crippen LogP contribution in [-0.2, 0) is 14.2 Å². The smallest absolute Gasteiger partial charge is 0.338 e. The first-order valence-electron chi connectivity index (χ1n) is 10.9. The van der Waals surface area contributed by atoms with Crippen LogP contribution in [0, 0.1) is 0 Å². The first-order valence-corrected chi connectivity index (χ1v) is 10.9. The summed E-state index contributed by atoms with van der Waals surface area (Å²) in [6.07, 6.45) is 13.3. The third kappa shape index (κ3) is 13.6. The van der Waals surface area contributed by atoms with Crippen molar-refractivity contribution in [2.75, 3.05) is 33.0 Å². The summed E-state index contributed by atoms with van der Waals surface area (Å²) in [5.74, 6) is -0.293. The lowest BCUT2D eigenvalue weighted by molar-refractivity contribution is 0.0141. The molecule has 0 aliphatic carbocycles. The van der Waals surface area contributed by atoms with Gasteiger partial charge in [-0.3, -0.25) is 0 Å². The van der Waals surface area contributed by atoms with E-state index < -0.39 is 5.97 Å². The van der Waals surface area contributed by atoms with E-state index in [0.717, 1.165) is 13.0 Å². The van der Waals surface area contributed by atoms with Gasteiger partial charge in [-0.1, -0.05) is 64.7 Å². The second-order valence-electron chi connectivity index (χ2n) is 7.09. The second kappa shape index (κ2) is 17.5. The van der Waals surface area contributed by atoms with E-state index >= 15 is 0 Å². The molecule has 0 bridgehead atoms. The van der Waals surface area contributed by atoms with Crippen LogP contribution in [0.25, 0.3) is 0 Å². The minimum absolute atomic E-state index is 0.123. The zero-order chi connectivity index (χ0) is 20.3. The Hall–Kier alpha value is -1.59. The second-order valence-corrected chi connectivity index (χ2v) is 7.09. The summed E-state index contributed by atoms with van der Waals surface area (Å²) < 4.78 is 16.1. The number of hydrogen-bond acceptors (Lipinski definition) is 5. The molecule has 28 heavy (non-hydrogen) atoms. The summed E-state index contributed by atoms with van der Waals surface area (Å²) in [5.41, 5.74) is 0.414. The van der Waals surface area contributed by atoms with Crippen LogP contribution in [0.15, 0.2) is 24.3 Å². The molecule has 5 heteroatoms. The third-order valence-electron chi connectivity index (χ3n) is 4.58. The number of unbranched alkanes of at least 4 members (excludes halogenated alkanes) is 9. The fraction of sp³-hybridized carbons (Fsp3) is 0.696. The minimum Gasteiger partial charge on any atom is -0.508 e. The zero-order valence-electron chi connectivity index (χ0n) is 17.5. The lowest BCUT2D eigenvalue weighted by Crippen LogP contribution is -2.13. The van der Waals surface area contributed by atoms with Crippen molar-refractivity contribution < 1.29 is 24.1 Å². The number of aromatic hydroxyl groups is 1. The number of rotatable bonds is 18. The molecule has 0 aromatic heterocycles. The standard InChI is InChI=1S/C23H38O5/c1-2-3-4-5-6-7-8-9-10-11-16-26-17-18-27-19-20-28-23(25)21-12-14-22(24)15-13-21/h12-15,24H,2-11,16-20H2,1H3. The summed E-state index contributed by atoms with van der Waals surface area (Å²) >= 11 is 0. The molecule has 0 unspecified atom stereocenters. The fourth-order valence-corrected chi connectivity index (χ4v) is 2.89. The predicted molar refractivity (Wildman–Crippen MR) is 112 cm³/mol. The summed E-state index contributed by atoms with van der Waals surface area (Å²) in [4.78, 5) is 11.7. The van der Waals surface area contributed by atoms with E-state index in [9.17, 15) is 9.90 Å². The van der Waals surface area contributed by atoms with E-state index in [4.69, 9.17) is 14.2 Å². The highest BCUT2D eigenvalue weighted by molar-refractivity contribution is 5.89. The van der Waals surface area contributed by atoms with Crippen molar-refractivity contribution in [1.29, 1.82) is 0 Å². The van der Waals surface area contributed by atoms with Gasteiger partial charge in [-0.2, -0.15) is 0 Å². The average molecular weight is 395 g/mol. The Labute approximate surface area is 170 Å². The Balaban J connectivity index is 1.78. The number of esters is 1. The van der Waals surface area contributed by atoms with Crippen LogP contribution in [0.3, 0.4) is 0 Å². The van der Waals surface area contributed by atoms with Crippen LogP contribution in [-0.4, -0.2) is 44.1 Å². The highest BCUT2D eigenvalue weighted by atomic mass is 16.6. The van der Waals surface area contributed by atoms with Crippen LogP contribution in [0.1, 0.15) is 81.5 Å². The lowest BCUT2D eigenvalue weighted by Gasteiger charge is -2.07. The molecule has 5 nitrogen and oxygen atoms in total. The first-order chi connectivity index (χ1) is 13.7. The molecule has 1 N–H and O–H groups in total. The van der Waals surface area contributed by atoms with Gasteiger partial charge in [0, 0.05) is 6.61 Å². The molecular formula is C23H38O5. The summed E-state index contributed by atoms with van der Waals surface area (Å²) in [6.45, 7) is 4.68. The Morgan fingerprint density at radius 3 is 1.82 bits per heavy atom. The monoisotopic (exact) mass is 394 g/mol. The van der Waals surface area contributed by atoms with Crippen molar-refractivity contribution in [2.24, 2.45) is 0 Å². The molecule has 1 rings (SSSR count). The van der Waals surface area contributed by atoms with Gasteiger partial charge in [0.1, 0.15) is 12.4 Å². The minimum atomic E-state index is -0.416. The number of carbonyl (C=O) groups is 1. The van der Waals surface area contributed by atoms with Crippen LogP contribution in [0.4, 0.5) is 0 Å². The molecule has 0 amide bonds. The first kappa shape index (κ1) is 24.4. The summed E-state index contributed by atoms with van der Waals surface area (Å²) in [6, 6.07) is 5.97. The van der Waals surface area contributed by atoms with Crippen molar-refractivity contribution in [2.45, 2.75) is 71.1 Å². The van der Waals surface area contributed by atoms with Gasteiger partial charge in [0.2, 0.25) is 0 Å². The van der Waals surface area contributed by atoms with Crippen LogP contribution in [0.5, 0.6) is 5.75 Å². The quantitative estimate of drug-likeness (QED) is 0.263. The van der Waals surface area contributed by atoms with Gasteiger partial charge in [-0.15, -0.1) is 0 Å². The van der Waals surface area contributed by atoms with Crippen molar-refractivity contribution in [1.82, 2.24) is 0 Å². The van der Waals surface area contributed by atoms with E-state index in [1.54, 1.807) is 0 Å². The van der Waals surface area contributed by atoms with Crippen molar-refractivity contribution in [3.05, 3.63) is 29.8 Å². The van der Waals surface area contributed by atoms with Crippen LogP contribution >= 0.6 is 0 Å². The number of phenolic OH excluding ortho intramolecular Hbond substituents is 1. The van der Waals surface area contributed by atoms with Gasteiger partial charge in [0.25, 0.3) is 0 Å². The number of benzene rings is 1. The normalized spacial score (nSPS) is 10.9. The van der Waals surface area contributed by atoms with Gasteiger partial charge in [0.15, 0.2) is 0 Å². The Kier molecular flexibility index (Phi) is 15.3. The highest BCUT2D eigenvalue weighted by Crippen LogP contribution is 2.11. The average Bonchev–Trinajstić information content (AvgIpc) is 2.70. The molecule has 0 saturated carbocycles. The van der Waals surface area contributed by atoms with Crippen molar-refractivity contribution >= 4 is 5.97 Å². The molecule has 0 heterocycles. The molecule has 0 spiro atoms. The molecule has 0 aliphatic heterocycles. The Bertz CT molecular complexity index is 486. The molecule has 0 aliphatic rings. The van der Waals surface area contributed by atoms with Gasteiger partial charge >= 0.3 is 5.97 Å². The predicted octanol–water partition coefficient (Wildman–Crippen LogP) is 5.50. The van der Waals surface area contributed by atoms with E-state index in [0.29, 0.717) is 25.4 Å². The van der Waals surface area contributed by atoms with Crippen LogP contribution in [0.2, 0.25) is 0 Å². The molecule has 1 aromatic carbocycles. The fourth-order valence-electron chi connectivity index (χ4n) is 2.89. The SMILES string of the molecule is CCCCCCCCCCCCOCCOCCOC(=O)c1ccc(O)cc1. The summed E-state index contributed by atoms with van der Waals surface area (Å²) in [5, 5.41) is 9.19. The largest absolute Gasteiger partial charge is 0.508 e. The molecule has 0 fully saturated rings. The Morgan fingerprint density at radius 1 is 0.714 bits per heavy atom. The van der Waals surface area contributed by atoms with Crippen molar-refractivity contribution in [3.63, 3.8) is 0 Å². The molecule has 0 saturated heterocycles. The summed E-state index contributed by atoms with van der Waals surface area (Å²) in [7, 11) is 0. The van der Waals surface area contributed by atoms with Gasteiger partial charge < -0.3 is 19.3 Å². The van der Waals surface area contributed by atoms with Gasteiger partial charge in [-0.05, 0) is 30.7 Å². The number of phenols is 1. The van der Waals surface area contributed by atoms with E-state index in [2.05, 4.69) is 6.92 Å². The zero-order valence-corrected chi connectivity index (χ0v) is 17.5. The molecule has 160 valence electrons. The Morgan fingerprint density at radius 2 is 1.21 bits per heavy atom. The van der Waals surface area contributed by atoms with E-state index in [-0.39, 0.29) is 12.4 Å². The molecule has 0 atom stereocenters. The molecule has 1 aromatic rings. The van der Waals surface area contributed by atoms with Crippen molar-refractivity contribution in [3.8, 4) is 5.75 Å². The van der Waals surface area contributed by atoms with E-state index in [1.807, 2.05) is 0 Å². The molecule has 0 radical (unpaired) electrons. The maximum absolute atomic E-state index is 11.7. The van der Waals surface area contributed by atoms with Gasteiger partial charge in [-0.25, -0.2) is 4.79 Å². The molecular weight excluding hydrogens is 356 g/mol.